The monoisotopic (exact) mass is 281 g/mol. The zero-order valence-corrected chi connectivity index (χ0v) is 11.4. The van der Waals surface area contributed by atoms with E-state index in [1.54, 1.807) is 30.0 Å². The number of nitrogens with one attached hydrogen (secondary N) is 1. The van der Waals surface area contributed by atoms with E-state index in [1.165, 1.54) is 0 Å². The number of hydrogen-bond donors (Lipinski definition) is 1. The Morgan fingerprint density at radius 1 is 1.53 bits per heavy atom. The number of ether oxygens (including phenoxy) is 2. The summed E-state index contributed by atoms with van der Waals surface area (Å²) in [7, 11) is 0. The van der Waals surface area contributed by atoms with E-state index in [1.807, 2.05) is 0 Å². The molecule has 1 heterocycles. The lowest BCUT2D eigenvalue weighted by Gasteiger charge is -2.18. The summed E-state index contributed by atoms with van der Waals surface area (Å²) in [4.78, 5) is 22.9. The van der Waals surface area contributed by atoms with Gasteiger partial charge in [-0.2, -0.15) is 11.8 Å². The number of anilines is 1. The molecule has 0 atom stereocenters. The highest BCUT2D eigenvalue weighted by Gasteiger charge is 2.18. The predicted molar refractivity (Wildman–Crippen MR) is 73.8 cm³/mol. The summed E-state index contributed by atoms with van der Waals surface area (Å²) in [5, 5.41) is 2.67. The number of amides is 1. The highest BCUT2D eigenvalue weighted by molar-refractivity contribution is 7.99. The smallest absolute Gasteiger partial charge is 0.338 e. The van der Waals surface area contributed by atoms with E-state index in [-0.39, 0.29) is 18.5 Å². The predicted octanol–water partition coefficient (Wildman–Crippen LogP) is 1.93. The molecule has 0 saturated heterocycles. The van der Waals surface area contributed by atoms with E-state index in [4.69, 9.17) is 9.47 Å². The Bertz CT molecular complexity index is 490. The second-order valence-electron chi connectivity index (χ2n) is 3.88. The molecule has 102 valence electrons. The van der Waals surface area contributed by atoms with Gasteiger partial charge in [0.2, 0.25) is 0 Å². The van der Waals surface area contributed by atoms with Crippen molar-refractivity contribution in [1.29, 1.82) is 0 Å². The molecule has 0 aliphatic carbocycles. The number of fused-ring (bicyclic) bond motifs is 1. The Kier molecular flexibility index (Phi) is 4.68. The van der Waals surface area contributed by atoms with Gasteiger partial charge < -0.3 is 14.8 Å². The van der Waals surface area contributed by atoms with Gasteiger partial charge in [-0.25, -0.2) is 4.79 Å². The third-order valence-electron chi connectivity index (χ3n) is 2.52. The Hall–Kier alpha value is -1.69. The van der Waals surface area contributed by atoms with Gasteiger partial charge >= 0.3 is 5.97 Å². The van der Waals surface area contributed by atoms with Gasteiger partial charge in [-0.05, 0) is 24.0 Å². The minimum atomic E-state index is -0.375. The molecule has 0 unspecified atom stereocenters. The number of esters is 1. The molecule has 1 aliphatic rings. The van der Waals surface area contributed by atoms with Crippen LogP contribution in [0.5, 0.6) is 5.75 Å². The molecule has 5 nitrogen and oxygen atoms in total. The van der Waals surface area contributed by atoms with Gasteiger partial charge in [0.1, 0.15) is 12.4 Å². The van der Waals surface area contributed by atoms with Gasteiger partial charge in [0.05, 0.1) is 11.3 Å². The molecule has 6 heteroatoms. The lowest BCUT2D eigenvalue weighted by molar-refractivity contribution is -0.118. The zero-order valence-electron chi connectivity index (χ0n) is 10.6. The minimum Gasteiger partial charge on any atom is -0.482 e. The van der Waals surface area contributed by atoms with Crippen LogP contribution in [0.4, 0.5) is 5.69 Å². The van der Waals surface area contributed by atoms with Gasteiger partial charge in [0, 0.05) is 5.75 Å². The summed E-state index contributed by atoms with van der Waals surface area (Å²) >= 11 is 1.72. The average Bonchev–Trinajstić information content (AvgIpc) is 2.42. The third-order valence-corrected chi connectivity index (χ3v) is 3.38. The molecule has 2 rings (SSSR count). The van der Waals surface area contributed by atoms with Crippen LogP contribution in [-0.2, 0) is 9.53 Å². The zero-order chi connectivity index (χ0) is 13.7. The van der Waals surface area contributed by atoms with Crippen LogP contribution in [0.25, 0.3) is 0 Å². The fourth-order valence-electron chi connectivity index (χ4n) is 1.62. The van der Waals surface area contributed by atoms with Crippen molar-refractivity contribution in [3.8, 4) is 5.75 Å². The molecule has 1 N–H and O–H groups in total. The first-order chi connectivity index (χ1) is 9.20. The van der Waals surface area contributed by atoms with Crippen LogP contribution in [0.2, 0.25) is 0 Å². The molecule has 0 aromatic heterocycles. The van der Waals surface area contributed by atoms with Crippen LogP contribution in [0.3, 0.4) is 0 Å². The van der Waals surface area contributed by atoms with E-state index < -0.39 is 0 Å². The van der Waals surface area contributed by atoms with Crippen molar-refractivity contribution >= 4 is 29.3 Å². The molecular formula is C13H15NO4S. The second kappa shape index (κ2) is 6.47. The fraction of sp³-hybridized carbons (Fsp3) is 0.385. The van der Waals surface area contributed by atoms with Crippen LogP contribution >= 0.6 is 11.8 Å². The number of thioether (sulfide) groups is 1. The maximum absolute atomic E-state index is 11.8. The minimum absolute atomic E-state index is 0.0291. The highest BCUT2D eigenvalue weighted by Crippen LogP contribution is 2.28. The Morgan fingerprint density at radius 3 is 3.16 bits per heavy atom. The first-order valence-corrected chi connectivity index (χ1v) is 7.17. The van der Waals surface area contributed by atoms with Gasteiger partial charge in [0.15, 0.2) is 6.61 Å². The van der Waals surface area contributed by atoms with Crippen molar-refractivity contribution < 1.29 is 19.1 Å². The SMILES string of the molecule is CCSCCOC(=O)c1ccc2c(c1)OCC(=O)N2. The number of benzene rings is 1. The van der Waals surface area contributed by atoms with Crippen LogP contribution in [0.15, 0.2) is 18.2 Å². The maximum Gasteiger partial charge on any atom is 0.338 e. The summed E-state index contributed by atoms with van der Waals surface area (Å²) < 4.78 is 10.4. The summed E-state index contributed by atoms with van der Waals surface area (Å²) in [6.45, 7) is 2.42. The third kappa shape index (κ3) is 3.64. The normalized spacial score (nSPS) is 13.2. The van der Waals surface area contributed by atoms with Gasteiger partial charge in [0.25, 0.3) is 5.91 Å². The standard InChI is InChI=1S/C13H15NO4S/c1-2-19-6-5-17-13(16)9-3-4-10-11(7-9)18-8-12(15)14-10/h3-4,7H,2,5-6,8H2,1H3,(H,14,15). The highest BCUT2D eigenvalue weighted by atomic mass is 32.2. The molecule has 19 heavy (non-hydrogen) atoms. The van der Waals surface area contributed by atoms with Crippen molar-refractivity contribution in [2.45, 2.75) is 6.92 Å². The number of carbonyl (C=O) groups excluding carboxylic acids is 2. The molecule has 0 spiro atoms. The first kappa shape index (κ1) is 13.7. The molecule has 0 radical (unpaired) electrons. The Labute approximate surface area is 115 Å². The van der Waals surface area contributed by atoms with Crippen molar-refractivity contribution in [1.82, 2.24) is 0 Å². The first-order valence-electron chi connectivity index (χ1n) is 6.02. The van der Waals surface area contributed by atoms with Crippen LogP contribution in [0.1, 0.15) is 17.3 Å². The van der Waals surface area contributed by atoms with Crippen molar-refractivity contribution in [2.75, 3.05) is 30.0 Å². The maximum atomic E-state index is 11.8. The molecule has 1 aliphatic heterocycles. The van der Waals surface area contributed by atoms with Crippen molar-refractivity contribution in [3.63, 3.8) is 0 Å². The van der Waals surface area contributed by atoms with Crippen molar-refractivity contribution in [2.24, 2.45) is 0 Å². The average molecular weight is 281 g/mol. The Balaban J connectivity index is 1.97. The lowest BCUT2D eigenvalue weighted by atomic mass is 10.1. The molecule has 1 aromatic rings. The summed E-state index contributed by atoms with van der Waals surface area (Å²) in [6, 6.07) is 4.84. The number of rotatable bonds is 5. The largest absolute Gasteiger partial charge is 0.482 e. The summed E-state index contributed by atoms with van der Waals surface area (Å²) in [5.41, 5.74) is 1.01. The van der Waals surface area contributed by atoms with Crippen LogP contribution in [0, 0.1) is 0 Å². The van der Waals surface area contributed by atoms with Gasteiger partial charge in [-0.1, -0.05) is 6.92 Å². The van der Waals surface area contributed by atoms with Crippen molar-refractivity contribution in [3.05, 3.63) is 23.8 Å². The van der Waals surface area contributed by atoms with E-state index in [0.717, 1.165) is 11.5 Å². The second-order valence-corrected chi connectivity index (χ2v) is 5.27. The van der Waals surface area contributed by atoms with Crippen LogP contribution < -0.4 is 10.1 Å². The molecule has 0 bridgehead atoms. The molecule has 0 saturated carbocycles. The summed E-state index contributed by atoms with van der Waals surface area (Å²) in [5.74, 6) is 1.72. The van der Waals surface area contributed by atoms with Crippen LogP contribution in [-0.4, -0.2) is 36.6 Å². The summed E-state index contributed by atoms with van der Waals surface area (Å²) in [6.07, 6.45) is 0. The van der Waals surface area contributed by atoms with Gasteiger partial charge in [-0.15, -0.1) is 0 Å². The molecule has 0 fully saturated rings. The molecular weight excluding hydrogens is 266 g/mol. The van der Waals surface area contributed by atoms with E-state index in [2.05, 4.69) is 12.2 Å². The number of carbonyl (C=O) groups is 2. The van der Waals surface area contributed by atoms with E-state index in [0.29, 0.717) is 23.6 Å². The van der Waals surface area contributed by atoms with Gasteiger partial charge in [-0.3, -0.25) is 4.79 Å². The quantitative estimate of drug-likeness (QED) is 0.660. The molecule has 1 amide bonds. The number of hydrogen-bond acceptors (Lipinski definition) is 5. The lowest BCUT2D eigenvalue weighted by Crippen LogP contribution is -2.25. The van der Waals surface area contributed by atoms with E-state index in [9.17, 15) is 9.59 Å². The Morgan fingerprint density at radius 2 is 2.37 bits per heavy atom. The molecule has 1 aromatic carbocycles. The topological polar surface area (TPSA) is 64.6 Å². The fourth-order valence-corrected chi connectivity index (χ4v) is 2.11. The van der Waals surface area contributed by atoms with E-state index >= 15 is 0 Å².